The van der Waals surface area contributed by atoms with Crippen LogP contribution in [0.25, 0.3) is 11.3 Å². The van der Waals surface area contributed by atoms with Crippen molar-refractivity contribution in [2.24, 2.45) is 5.92 Å². The van der Waals surface area contributed by atoms with E-state index in [2.05, 4.69) is 20.4 Å². The van der Waals surface area contributed by atoms with Crippen molar-refractivity contribution in [2.45, 2.75) is 37.2 Å². The number of halogens is 6. The number of alkyl halides is 4. The number of nitrogens with zero attached hydrogens (tertiary/aromatic N) is 3. The number of carbonyl (C=O) groups excluding carboxylic acids is 1. The average molecular weight is 528 g/mol. The molecular formula is C23H18F6N4O4. The van der Waals surface area contributed by atoms with Crippen molar-refractivity contribution in [1.82, 2.24) is 15.1 Å². The molecular weight excluding hydrogens is 510 g/mol. The maximum Gasteiger partial charge on any atom is 0.294 e. The highest BCUT2D eigenvalue weighted by molar-refractivity contribution is 6.04. The molecule has 2 aromatic heterocycles. The quantitative estimate of drug-likeness (QED) is 0.422. The maximum atomic E-state index is 14.6. The molecule has 3 aromatic rings. The number of anilines is 1. The Kier molecular flexibility index (Phi) is 6.30. The van der Waals surface area contributed by atoms with Gasteiger partial charge in [-0.3, -0.25) is 4.79 Å². The summed E-state index contributed by atoms with van der Waals surface area (Å²) in [6.07, 6.45) is -1.02. The van der Waals surface area contributed by atoms with Crippen LogP contribution < -0.4 is 10.1 Å². The molecule has 2 fully saturated rings. The van der Waals surface area contributed by atoms with Crippen LogP contribution in [-0.2, 0) is 4.74 Å². The molecule has 14 heteroatoms. The van der Waals surface area contributed by atoms with Crippen LogP contribution in [0, 0.1) is 17.6 Å². The molecule has 1 saturated carbocycles. The molecule has 2 aliphatic rings. The van der Waals surface area contributed by atoms with Crippen LogP contribution in [0.5, 0.6) is 5.88 Å². The van der Waals surface area contributed by atoms with Crippen molar-refractivity contribution in [2.75, 3.05) is 18.5 Å². The Bertz CT molecular complexity index is 1320. The van der Waals surface area contributed by atoms with Gasteiger partial charge < -0.3 is 19.3 Å². The molecule has 0 spiro atoms. The summed E-state index contributed by atoms with van der Waals surface area (Å²) in [6.45, 7) is -1.23. The molecule has 8 nitrogen and oxygen atoms in total. The second-order valence-electron chi connectivity index (χ2n) is 8.76. The SMILES string of the molecule is O=C(Nc1c(-c2cc(F)ccc2F)ncnc1C1CCC(F)(F)CO1)c1cc(OCC2CC2(F)F)no1. The lowest BCUT2D eigenvalue weighted by atomic mass is 10.00. The van der Waals surface area contributed by atoms with E-state index in [-0.39, 0.29) is 48.0 Å². The number of amides is 1. The maximum absolute atomic E-state index is 14.6. The van der Waals surface area contributed by atoms with Gasteiger partial charge in [0.25, 0.3) is 23.6 Å². The van der Waals surface area contributed by atoms with E-state index in [1.165, 1.54) is 0 Å². The number of hydrogen-bond acceptors (Lipinski definition) is 7. The molecule has 0 radical (unpaired) electrons. The van der Waals surface area contributed by atoms with Crippen LogP contribution in [-0.4, -0.2) is 46.1 Å². The summed E-state index contributed by atoms with van der Waals surface area (Å²) in [6, 6.07) is 3.65. The van der Waals surface area contributed by atoms with Gasteiger partial charge in [-0.15, -0.1) is 0 Å². The number of carbonyl (C=O) groups is 1. The largest absolute Gasteiger partial charge is 0.475 e. The van der Waals surface area contributed by atoms with Gasteiger partial charge in [-0.1, -0.05) is 0 Å². The number of rotatable bonds is 7. The third-order valence-electron chi connectivity index (χ3n) is 5.97. The summed E-state index contributed by atoms with van der Waals surface area (Å²) in [7, 11) is 0. The zero-order chi connectivity index (χ0) is 26.4. The Morgan fingerprint density at radius 3 is 2.65 bits per heavy atom. The van der Waals surface area contributed by atoms with Gasteiger partial charge in [0.15, 0.2) is 0 Å². The van der Waals surface area contributed by atoms with Crippen molar-refractivity contribution in [3.63, 3.8) is 0 Å². The van der Waals surface area contributed by atoms with Gasteiger partial charge in [0.05, 0.1) is 30.0 Å². The highest BCUT2D eigenvalue weighted by Gasteiger charge is 2.57. The molecule has 1 amide bonds. The van der Waals surface area contributed by atoms with Gasteiger partial charge in [0, 0.05) is 18.4 Å². The Hall–Kier alpha value is -3.68. The van der Waals surface area contributed by atoms with E-state index < -0.39 is 60.2 Å². The van der Waals surface area contributed by atoms with E-state index in [1.54, 1.807) is 0 Å². The van der Waals surface area contributed by atoms with Crippen molar-refractivity contribution in [3.05, 3.63) is 53.7 Å². The highest BCUT2D eigenvalue weighted by Crippen LogP contribution is 2.48. The van der Waals surface area contributed by atoms with Crippen molar-refractivity contribution in [1.29, 1.82) is 0 Å². The first-order chi connectivity index (χ1) is 17.5. The normalized spacial score (nSPS) is 21.9. The Morgan fingerprint density at radius 1 is 1.16 bits per heavy atom. The standard InChI is InChI=1S/C23H18F6N4O4/c24-12-1-2-14(25)13(5-12)18-20(19(31-10-30-18)15-3-4-22(26,27)9-36-15)32-21(34)16-6-17(33-37-16)35-8-11-7-23(11,28)29/h1-2,5-6,10-11,15H,3-4,7-9H2,(H,32,34). The van der Waals surface area contributed by atoms with E-state index >= 15 is 0 Å². The average Bonchev–Trinajstić information content (AvgIpc) is 3.22. The van der Waals surface area contributed by atoms with E-state index in [1.807, 2.05) is 0 Å². The van der Waals surface area contributed by atoms with E-state index in [0.29, 0.717) is 0 Å². The molecule has 5 rings (SSSR count). The Labute approximate surface area is 205 Å². The van der Waals surface area contributed by atoms with Gasteiger partial charge >= 0.3 is 0 Å². The molecule has 1 aliphatic heterocycles. The molecule has 196 valence electrons. The minimum Gasteiger partial charge on any atom is -0.475 e. The van der Waals surface area contributed by atoms with Crippen LogP contribution in [0.15, 0.2) is 35.1 Å². The second kappa shape index (κ2) is 9.32. The van der Waals surface area contributed by atoms with Gasteiger partial charge in [0.1, 0.15) is 36.4 Å². The lowest BCUT2D eigenvalue weighted by Crippen LogP contribution is -2.31. The van der Waals surface area contributed by atoms with Crippen LogP contribution in [0.4, 0.5) is 32.0 Å². The molecule has 1 N–H and O–H groups in total. The number of hydrogen-bond donors (Lipinski definition) is 1. The molecule has 1 aromatic carbocycles. The summed E-state index contributed by atoms with van der Waals surface area (Å²) in [5.74, 6) is -10.1. The highest BCUT2D eigenvalue weighted by atomic mass is 19.3. The molecule has 2 unspecified atom stereocenters. The van der Waals surface area contributed by atoms with Gasteiger partial charge in [-0.2, -0.15) is 0 Å². The number of ether oxygens (including phenoxy) is 2. The summed E-state index contributed by atoms with van der Waals surface area (Å²) < 4.78 is 97.2. The van der Waals surface area contributed by atoms with Crippen LogP contribution in [0.2, 0.25) is 0 Å². The summed E-state index contributed by atoms with van der Waals surface area (Å²) >= 11 is 0. The summed E-state index contributed by atoms with van der Waals surface area (Å²) in [5.41, 5.74) is -0.816. The second-order valence-corrected chi connectivity index (χ2v) is 8.76. The monoisotopic (exact) mass is 528 g/mol. The summed E-state index contributed by atoms with van der Waals surface area (Å²) in [4.78, 5) is 21.0. The van der Waals surface area contributed by atoms with Crippen LogP contribution >= 0.6 is 0 Å². The zero-order valence-corrected chi connectivity index (χ0v) is 18.8. The van der Waals surface area contributed by atoms with E-state index in [4.69, 9.17) is 14.0 Å². The lowest BCUT2D eigenvalue weighted by Gasteiger charge is -2.29. The molecule has 1 aliphatic carbocycles. The molecule has 37 heavy (non-hydrogen) atoms. The zero-order valence-electron chi connectivity index (χ0n) is 18.8. The predicted molar refractivity (Wildman–Crippen MR) is 113 cm³/mol. The van der Waals surface area contributed by atoms with Gasteiger partial charge in [-0.25, -0.2) is 36.3 Å². The smallest absolute Gasteiger partial charge is 0.294 e. The molecule has 1 saturated heterocycles. The van der Waals surface area contributed by atoms with Crippen LogP contribution in [0.3, 0.4) is 0 Å². The molecule has 3 heterocycles. The minimum atomic E-state index is -3.05. The topological polar surface area (TPSA) is 99.4 Å². The van der Waals surface area contributed by atoms with Crippen molar-refractivity contribution < 1.29 is 45.1 Å². The third kappa shape index (κ3) is 5.38. The van der Waals surface area contributed by atoms with E-state index in [0.717, 1.165) is 30.6 Å². The van der Waals surface area contributed by atoms with E-state index in [9.17, 15) is 31.1 Å². The Balaban J connectivity index is 1.44. The lowest BCUT2D eigenvalue weighted by molar-refractivity contribution is -0.146. The first-order valence-corrected chi connectivity index (χ1v) is 11.1. The molecule has 0 bridgehead atoms. The third-order valence-corrected chi connectivity index (χ3v) is 5.97. The number of benzene rings is 1. The van der Waals surface area contributed by atoms with Gasteiger partial charge in [-0.05, 0) is 29.8 Å². The van der Waals surface area contributed by atoms with Crippen LogP contribution in [0.1, 0.15) is 41.6 Å². The number of aromatic nitrogens is 3. The van der Waals surface area contributed by atoms with Crippen molar-refractivity contribution in [3.8, 4) is 17.1 Å². The Morgan fingerprint density at radius 2 is 1.95 bits per heavy atom. The molecule has 2 atom stereocenters. The predicted octanol–water partition coefficient (Wildman–Crippen LogP) is 5.18. The fourth-order valence-electron chi connectivity index (χ4n) is 3.83. The fourth-order valence-corrected chi connectivity index (χ4v) is 3.83. The summed E-state index contributed by atoms with van der Waals surface area (Å²) in [5, 5.41) is 5.94. The minimum absolute atomic E-state index is 0.0375. The van der Waals surface area contributed by atoms with Crippen molar-refractivity contribution >= 4 is 11.6 Å². The van der Waals surface area contributed by atoms with Gasteiger partial charge in [0.2, 0.25) is 5.76 Å². The fraction of sp³-hybridized carbons (Fsp3) is 0.391. The first kappa shape index (κ1) is 25.0. The first-order valence-electron chi connectivity index (χ1n) is 11.1. The number of nitrogens with one attached hydrogen (secondary N) is 1.